The van der Waals surface area contributed by atoms with E-state index in [0.29, 0.717) is 0 Å². The molecule has 0 saturated carbocycles. The molecule has 78 valence electrons. The van der Waals surface area contributed by atoms with Crippen LogP contribution < -0.4 is 5.73 Å². The third kappa shape index (κ3) is 2.65. The van der Waals surface area contributed by atoms with Crippen LogP contribution in [0, 0.1) is 0 Å². The zero-order chi connectivity index (χ0) is 10.5. The molecule has 5 heteroatoms. The lowest BCUT2D eigenvalue weighted by molar-refractivity contribution is -0.248. The molecule has 0 aromatic rings. The molecule has 0 aliphatic heterocycles. The number of ether oxygens (including phenoxy) is 2. The highest BCUT2D eigenvalue weighted by molar-refractivity contribution is 5.76. The number of rotatable bonds is 6. The number of aliphatic carboxylic acids is 1. The summed E-state index contributed by atoms with van der Waals surface area (Å²) < 4.78 is 10.1. The van der Waals surface area contributed by atoms with Gasteiger partial charge in [-0.05, 0) is 20.8 Å². The molecule has 1 atom stereocenters. The molecule has 0 spiro atoms. The van der Waals surface area contributed by atoms with Gasteiger partial charge in [0.2, 0.25) is 0 Å². The van der Waals surface area contributed by atoms with Crippen molar-refractivity contribution in [2.24, 2.45) is 5.73 Å². The van der Waals surface area contributed by atoms with Crippen molar-refractivity contribution in [3.8, 4) is 0 Å². The zero-order valence-electron chi connectivity index (χ0n) is 8.24. The maximum Gasteiger partial charge on any atom is 0.366 e. The van der Waals surface area contributed by atoms with Gasteiger partial charge in [0.15, 0.2) is 0 Å². The number of carboxylic acids is 1. The molecule has 5 nitrogen and oxygen atoms in total. The molecule has 3 N–H and O–H groups in total. The third-order valence-corrected chi connectivity index (χ3v) is 1.62. The van der Waals surface area contributed by atoms with Gasteiger partial charge in [0.05, 0.1) is 6.04 Å². The molecule has 0 saturated heterocycles. The first-order chi connectivity index (χ1) is 6.01. The van der Waals surface area contributed by atoms with Gasteiger partial charge in [-0.3, -0.25) is 0 Å². The number of carbonyl (C=O) groups is 1. The summed E-state index contributed by atoms with van der Waals surface area (Å²) in [4.78, 5) is 10.9. The Morgan fingerprint density at radius 1 is 1.46 bits per heavy atom. The summed E-state index contributed by atoms with van der Waals surface area (Å²) in [5, 5.41) is 8.93. The second-order valence-electron chi connectivity index (χ2n) is 2.63. The monoisotopic (exact) mass is 191 g/mol. The van der Waals surface area contributed by atoms with Crippen LogP contribution in [-0.2, 0) is 14.3 Å². The maximum atomic E-state index is 10.9. The first kappa shape index (κ1) is 12.3. The van der Waals surface area contributed by atoms with Gasteiger partial charge >= 0.3 is 5.97 Å². The van der Waals surface area contributed by atoms with Gasteiger partial charge in [-0.2, -0.15) is 0 Å². The van der Waals surface area contributed by atoms with Crippen molar-refractivity contribution in [1.29, 1.82) is 0 Å². The fourth-order valence-electron chi connectivity index (χ4n) is 1.05. The molecule has 0 aliphatic rings. The first-order valence-corrected chi connectivity index (χ1v) is 4.28. The topological polar surface area (TPSA) is 81.8 Å². The van der Waals surface area contributed by atoms with Gasteiger partial charge in [0.1, 0.15) is 0 Å². The van der Waals surface area contributed by atoms with E-state index in [9.17, 15) is 4.79 Å². The lowest BCUT2D eigenvalue weighted by atomic mass is 10.1. The Kier molecular flexibility index (Phi) is 4.90. The van der Waals surface area contributed by atoms with Gasteiger partial charge in [-0.25, -0.2) is 4.79 Å². The summed E-state index contributed by atoms with van der Waals surface area (Å²) in [5.41, 5.74) is 5.51. The van der Waals surface area contributed by atoms with Crippen LogP contribution in [0.15, 0.2) is 0 Å². The van der Waals surface area contributed by atoms with Crippen molar-refractivity contribution < 1.29 is 19.4 Å². The molecular formula is C8H17NO4. The quantitative estimate of drug-likeness (QED) is 0.585. The Hall–Kier alpha value is -0.650. The highest BCUT2D eigenvalue weighted by Crippen LogP contribution is 2.17. The van der Waals surface area contributed by atoms with Gasteiger partial charge < -0.3 is 20.3 Å². The van der Waals surface area contributed by atoms with E-state index < -0.39 is 17.8 Å². The molecule has 0 heterocycles. The van der Waals surface area contributed by atoms with Crippen LogP contribution in [0.5, 0.6) is 0 Å². The largest absolute Gasteiger partial charge is 0.477 e. The molecule has 13 heavy (non-hydrogen) atoms. The normalized spacial score (nSPS) is 14.2. The predicted octanol–water partition coefficient (Wildman–Crippen LogP) is 0.188. The Morgan fingerprint density at radius 2 is 1.85 bits per heavy atom. The predicted molar refractivity (Wildman–Crippen MR) is 47.3 cm³/mol. The lowest BCUT2D eigenvalue weighted by Crippen LogP contribution is -2.56. The summed E-state index contributed by atoms with van der Waals surface area (Å²) in [5.74, 6) is -2.89. The molecule has 0 radical (unpaired) electrons. The second kappa shape index (κ2) is 5.16. The Bertz CT molecular complexity index is 164. The maximum absolute atomic E-state index is 10.9. The van der Waals surface area contributed by atoms with Crippen LogP contribution >= 0.6 is 0 Å². The number of nitrogens with two attached hydrogens (primary N) is 1. The molecule has 0 aromatic carbocycles. The Balaban J connectivity index is 4.69. The minimum atomic E-state index is -1.70. The summed E-state index contributed by atoms with van der Waals surface area (Å²) in [6.07, 6.45) is 0. The van der Waals surface area contributed by atoms with E-state index in [1.807, 2.05) is 0 Å². The molecule has 0 aromatic heterocycles. The molecule has 0 amide bonds. The number of hydrogen-bond acceptors (Lipinski definition) is 4. The van der Waals surface area contributed by atoms with E-state index in [-0.39, 0.29) is 13.2 Å². The van der Waals surface area contributed by atoms with Crippen molar-refractivity contribution in [3.05, 3.63) is 0 Å². The minimum Gasteiger partial charge on any atom is -0.477 e. The molecule has 0 fully saturated rings. The molecule has 0 rings (SSSR count). The van der Waals surface area contributed by atoms with E-state index in [0.717, 1.165) is 0 Å². The van der Waals surface area contributed by atoms with Gasteiger partial charge in [-0.1, -0.05) is 0 Å². The summed E-state index contributed by atoms with van der Waals surface area (Å²) >= 11 is 0. The summed E-state index contributed by atoms with van der Waals surface area (Å²) in [6, 6.07) is -0.718. The number of hydrogen-bond donors (Lipinski definition) is 2. The van der Waals surface area contributed by atoms with Crippen molar-refractivity contribution in [2.45, 2.75) is 32.6 Å². The minimum absolute atomic E-state index is 0.244. The number of carboxylic acid groups (broad SMARTS) is 1. The highest BCUT2D eigenvalue weighted by Gasteiger charge is 2.44. The van der Waals surface area contributed by atoms with Gasteiger partial charge in [-0.15, -0.1) is 0 Å². The van der Waals surface area contributed by atoms with Crippen LogP contribution in [0.25, 0.3) is 0 Å². The van der Waals surface area contributed by atoms with Crippen LogP contribution in [0.3, 0.4) is 0 Å². The Labute approximate surface area is 77.8 Å². The highest BCUT2D eigenvalue weighted by atomic mass is 16.7. The van der Waals surface area contributed by atoms with Crippen LogP contribution in [0.1, 0.15) is 20.8 Å². The molecule has 1 unspecified atom stereocenters. The zero-order valence-corrected chi connectivity index (χ0v) is 8.24. The van der Waals surface area contributed by atoms with Gasteiger partial charge in [0.25, 0.3) is 5.79 Å². The SMILES string of the molecule is CCOC(OCC)(C(=O)O)C(C)N. The van der Waals surface area contributed by atoms with Crippen LogP contribution in [0.4, 0.5) is 0 Å². The fourth-order valence-corrected chi connectivity index (χ4v) is 1.05. The van der Waals surface area contributed by atoms with Crippen molar-refractivity contribution in [3.63, 3.8) is 0 Å². The fraction of sp³-hybridized carbons (Fsp3) is 0.875. The van der Waals surface area contributed by atoms with Crippen molar-refractivity contribution in [1.82, 2.24) is 0 Å². The van der Waals surface area contributed by atoms with Crippen molar-refractivity contribution in [2.75, 3.05) is 13.2 Å². The first-order valence-electron chi connectivity index (χ1n) is 4.28. The van der Waals surface area contributed by atoms with E-state index >= 15 is 0 Å². The molecular weight excluding hydrogens is 174 g/mol. The standard InChI is InChI=1S/C8H17NO4/c1-4-12-8(6(3)9,7(10)11)13-5-2/h6H,4-5,9H2,1-3H3,(H,10,11). The lowest BCUT2D eigenvalue weighted by Gasteiger charge is -2.31. The molecule has 0 bridgehead atoms. The third-order valence-electron chi connectivity index (χ3n) is 1.62. The average molecular weight is 191 g/mol. The van der Waals surface area contributed by atoms with Gasteiger partial charge in [0, 0.05) is 13.2 Å². The van der Waals surface area contributed by atoms with E-state index in [2.05, 4.69) is 0 Å². The summed E-state index contributed by atoms with van der Waals surface area (Å²) in [7, 11) is 0. The van der Waals surface area contributed by atoms with E-state index in [1.54, 1.807) is 20.8 Å². The van der Waals surface area contributed by atoms with Crippen LogP contribution in [-0.4, -0.2) is 36.1 Å². The van der Waals surface area contributed by atoms with Crippen molar-refractivity contribution >= 4 is 5.97 Å². The smallest absolute Gasteiger partial charge is 0.366 e. The molecule has 0 aliphatic carbocycles. The second-order valence-corrected chi connectivity index (χ2v) is 2.63. The van der Waals surface area contributed by atoms with E-state index in [4.69, 9.17) is 20.3 Å². The Morgan fingerprint density at radius 3 is 2.00 bits per heavy atom. The summed E-state index contributed by atoms with van der Waals surface area (Å²) in [6.45, 7) is 5.42. The van der Waals surface area contributed by atoms with Crippen LogP contribution in [0.2, 0.25) is 0 Å². The van der Waals surface area contributed by atoms with E-state index in [1.165, 1.54) is 0 Å². The average Bonchev–Trinajstić information content (AvgIpc) is 2.03.